The Morgan fingerprint density at radius 3 is 2.14 bits per heavy atom. The van der Waals surface area contributed by atoms with Gasteiger partial charge in [-0.1, -0.05) is 31.9 Å². The fourth-order valence-corrected chi connectivity index (χ4v) is 4.46. The smallest absolute Gasteiger partial charge is 0.195 e. The van der Waals surface area contributed by atoms with Gasteiger partial charge in [-0.05, 0) is 81.1 Å². The van der Waals surface area contributed by atoms with E-state index in [1.165, 1.54) is 50.2 Å². The Bertz CT molecular complexity index is 429. The number of nitrogens with zero attached hydrogens (tertiary/aromatic N) is 1. The van der Waals surface area contributed by atoms with Crippen molar-refractivity contribution in [3.8, 4) is 6.07 Å². The highest BCUT2D eigenvalue weighted by molar-refractivity contribution is 5.15. The Kier molecular flexibility index (Phi) is 6.68. The zero-order chi connectivity index (χ0) is 15.9. The molecule has 0 radical (unpaired) electrons. The molecule has 0 unspecified atom stereocenters. The van der Waals surface area contributed by atoms with Crippen molar-refractivity contribution in [2.75, 3.05) is 0 Å². The average Bonchev–Trinajstić information content (AvgIpc) is 2.56. The van der Waals surface area contributed by atoms with Gasteiger partial charge in [0.2, 0.25) is 0 Å². The monoisotopic (exact) mass is 303 g/mol. The quantitative estimate of drug-likeness (QED) is 0.430. The fourth-order valence-electron chi connectivity index (χ4n) is 4.46. The van der Waals surface area contributed by atoms with Crippen LogP contribution in [0.5, 0.6) is 0 Å². The number of hydrogen-bond acceptors (Lipinski definition) is 1. The van der Waals surface area contributed by atoms with Gasteiger partial charge in [0.15, 0.2) is 5.83 Å². The van der Waals surface area contributed by atoms with Crippen molar-refractivity contribution in [1.29, 1.82) is 5.26 Å². The molecule has 0 atom stereocenters. The van der Waals surface area contributed by atoms with Crippen molar-refractivity contribution in [2.24, 2.45) is 23.7 Å². The minimum Gasteiger partial charge on any atom is -0.195 e. The lowest BCUT2D eigenvalue weighted by Crippen LogP contribution is -2.22. The maximum absolute atomic E-state index is 13.0. The zero-order valence-corrected chi connectivity index (χ0v) is 14.0. The molecule has 2 rings (SSSR count). The van der Waals surface area contributed by atoms with Crippen LogP contribution < -0.4 is 0 Å². The molecule has 0 heterocycles. The highest BCUT2D eigenvalue weighted by Gasteiger charge is 2.29. The van der Waals surface area contributed by atoms with Crippen LogP contribution in [0.15, 0.2) is 24.1 Å². The summed E-state index contributed by atoms with van der Waals surface area (Å²) in [6.45, 7) is 6.72. The van der Waals surface area contributed by atoms with Crippen molar-refractivity contribution in [3.05, 3.63) is 24.1 Å². The molecular formula is C20H30FN. The van der Waals surface area contributed by atoms with Crippen LogP contribution in [0.2, 0.25) is 0 Å². The molecular weight excluding hydrogens is 273 g/mol. The van der Waals surface area contributed by atoms with E-state index < -0.39 is 5.83 Å². The molecule has 0 N–H and O–H groups in total. The summed E-state index contributed by atoms with van der Waals surface area (Å²) in [5.74, 6) is 1.94. The second-order valence-corrected chi connectivity index (χ2v) is 7.32. The lowest BCUT2D eigenvalue weighted by Gasteiger charge is -2.35. The van der Waals surface area contributed by atoms with E-state index in [2.05, 4.69) is 13.5 Å². The van der Waals surface area contributed by atoms with Crippen molar-refractivity contribution in [3.63, 3.8) is 0 Å². The molecule has 2 saturated carbocycles. The van der Waals surface area contributed by atoms with Gasteiger partial charge in [-0.15, -0.1) is 0 Å². The van der Waals surface area contributed by atoms with E-state index in [-0.39, 0.29) is 5.92 Å². The van der Waals surface area contributed by atoms with Crippen LogP contribution in [0.1, 0.15) is 71.1 Å². The lowest BCUT2D eigenvalue weighted by molar-refractivity contribution is 0.255. The topological polar surface area (TPSA) is 23.8 Å². The van der Waals surface area contributed by atoms with Gasteiger partial charge >= 0.3 is 0 Å². The third-order valence-electron chi connectivity index (χ3n) is 5.85. The number of hydrogen-bond donors (Lipinski definition) is 0. The maximum atomic E-state index is 13.0. The number of nitriles is 1. The van der Waals surface area contributed by atoms with Crippen LogP contribution in [0.25, 0.3) is 0 Å². The minimum atomic E-state index is -0.614. The Hall–Kier alpha value is -1.10. The van der Waals surface area contributed by atoms with Crippen LogP contribution in [-0.4, -0.2) is 0 Å². The summed E-state index contributed by atoms with van der Waals surface area (Å²) >= 11 is 0. The number of allylic oxidation sites excluding steroid dienone is 3. The van der Waals surface area contributed by atoms with Gasteiger partial charge < -0.3 is 0 Å². The summed E-state index contributed by atoms with van der Waals surface area (Å²) in [6, 6.07) is 1.59. The van der Waals surface area contributed by atoms with Crippen LogP contribution in [0.3, 0.4) is 0 Å². The lowest BCUT2D eigenvalue weighted by atomic mass is 9.70. The molecule has 22 heavy (non-hydrogen) atoms. The Balaban J connectivity index is 1.77. The van der Waals surface area contributed by atoms with E-state index in [0.29, 0.717) is 5.92 Å². The molecule has 2 aliphatic carbocycles. The number of halogens is 1. The summed E-state index contributed by atoms with van der Waals surface area (Å²) < 4.78 is 13.0. The van der Waals surface area contributed by atoms with E-state index >= 15 is 0 Å². The molecule has 0 amide bonds. The first kappa shape index (κ1) is 17.3. The Morgan fingerprint density at radius 2 is 1.64 bits per heavy atom. The second kappa shape index (κ2) is 8.51. The summed E-state index contributed by atoms with van der Waals surface area (Å²) in [6.07, 6.45) is 13.9. The molecule has 0 saturated heterocycles. The summed E-state index contributed by atoms with van der Waals surface area (Å²) in [7, 11) is 0. The SMILES string of the molecule is C=C([C@H]1CC[C@H](/C=C(/F)C#N)CC1)[C@H]1CC[C@H](CCC)CC1. The predicted molar refractivity (Wildman–Crippen MR) is 89.7 cm³/mol. The normalized spacial score (nSPS) is 33.2. The van der Waals surface area contributed by atoms with Gasteiger partial charge in [-0.3, -0.25) is 0 Å². The van der Waals surface area contributed by atoms with Gasteiger partial charge in [0.25, 0.3) is 0 Å². The van der Waals surface area contributed by atoms with Crippen LogP contribution >= 0.6 is 0 Å². The highest BCUT2D eigenvalue weighted by Crippen LogP contribution is 2.42. The third kappa shape index (κ3) is 4.70. The van der Waals surface area contributed by atoms with Gasteiger partial charge in [0.05, 0.1) is 0 Å². The van der Waals surface area contributed by atoms with E-state index in [0.717, 1.165) is 37.5 Å². The van der Waals surface area contributed by atoms with Crippen LogP contribution in [0.4, 0.5) is 4.39 Å². The Morgan fingerprint density at radius 1 is 1.09 bits per heavy atom. The highest BCUT2D eigenvalue weighted by atomic mass is 19.1. The first-order valence-corrected chi connectivity index (χ1v) is 9.10. The Labute approximate surface area is 135 Å². The standard InChI is InChI=1S/C20H30FN/c1-3-4-16-5-9-18(10-6-16)15(2)19-11-7-17(8-12-19)13-20(21)14-22/h13,16-19H,2-12H2,1H3/b20-13+/t16-,17-,18-,19-. The number of rotatable bonds is 5. The zero-order valence-electron chi connectivity index (χ0n) is 14.0. The molecule has 0 aromatic carbocycles. The summed E-state index contributed by atoms with van der Waals surface area (Å²) in [5.41, 5.74) is 1.47. The van der Waals surface area contributed by atoms with Crippen molar-refractivity contribution in [1.82, 2.24) is 0 Å². The second-order valence-electron chi connectivity index (χ2n) is 7.32. The molecule has 122 valence electrons. The first-order chi connectivity index (χ1) is 10.6. The molecule has 2 heteroatoms. The molecule has 0 aromatic rings. The van der Waals surface area contributed by atoms with Gasteiger partial charge in [0, 0.05) is 0 Å². The largest absolute Gasteiger partial charge is 0.196 e. The van der Waals surface area contributed by atoms with E-state index in [9.17, 15) is 4.39 Å². The van der Waals surface area contributed by atoms with Crippen molar-refractivity contribution >= 4 is 0 Å². The van der Waals surface area contributed by atoms with Gasteiger partial charge in [-0.2, -0.15) is 9.65 Å². The molecule has 0 bridgehead atoms. The first-order valence-electron chi connectivity index (χ1n) is 9.10. The van der Waals surface area contributed by atoms with Crippen molar-refractivity contribution in [2.45, 2.75) is 71.1 Å². The average molecular weight is 303 g/mol. The van der Waals surface area contributed by atoms with Gasteiger partial charge in [0.1, 0.15) is 6.07 Å². The minimum absolute atomic E-state index is 0.254. The summed E-state index contributed by atoms with van der Waals surface area (Å²) in [4.78, 5) is 0. The fraction of sp³-hybridized carbons (Fsp3) is 0.750. The van der Waals surface area contributed by atoms with E-state index in [4.69, 9.17) is 5.26 Å². The van der Waals surface area contributed by atoms with Crippen LogP contribution in [0, 0.1) is 35.0 Å². The molecule has 0 aliphatic heterocycles. The van der Waals surface area contributed by atoms with E-state index in [1.807, 2.05) is 0 Å². The molecule has 1 nitrogen and oxygen atoms in total. The molecule has 0 aromatic heterocycles. The molecule has 2 fully saturated rings. The summed E-state index contributed by atoms with van der Waals surface area (Å²) in [5, 5.41) is 8.53. The van der Waals surface area contributed by atoms with E-state index in [1.54, 1.807) is 6.07 Å². The van der Waals surface area contributed by atoms with Crippen molar-refractivity contribution < 1.29 is 4.39 Å². The van der Waals surface area contributed by atoms with Gasteiger partial charge in [-0.25, -0.2) is 0 Å². The van der Waals surface area contributed by atoms with Crippen LogP contribution in [-0.2, 0) is 0 Å². The predicted octanol–water partition coefficient (Wildman–Crippen LogP) is 6.33. The maximum Gasteiger partial charge on any atom is 0.196 e. The molecule has 0 spiro atoms. The third-order valence-corrected chi connectivity index (χ3v) is 5.85. The molecule has 2 aliphatic rings.